The van der Waals surface area contributed by atoms with Crippen molar-refractivity contribution in [2.45, 2.75) is 19.9 Å². The second-order valence-corrected chi connectivity index (χ2v) is 12.6. The number of aryl methyl sites for hydroxylation is 1. The summed E-state index contributed by atoms with van der Waals surface area (Å²) in [5.74, 6) is -0.621. The number of aromatic nitrogens is 4. The van der Waals surface area contributed by atoms with Crippen LogP contribution in [0.25, 0.3) is 11.2 Å². The Morgan fingerprint density at radius 1 is 1.24 bits per heavy atom. The molecule has 0 aliphatic rings. The molecule has 3 rings (SSSR count). The lowest BCUT2D eigenvalue weighted by Crippen LogP contribution is -2.31. The van der Waals surface area contributed by atoms with Crippen molar-refractivity contribution in [3.63, 3.8) is 0 Å². The molecule has 34 heavy (non-hydrogen) atoms. The molecular formula is C19H27ClN6O6P2. The molecule has 0 fully saturated rings. The second kappa shape index (κ2) is 10.3. The van der Waals surface area contributed by atoms with E-state index in [1.807, 2.05) is 37.9 Å². The van der Waals surface area contributed by atoms with Crippen LogP contribution in [0.5, 0.6) is 0 Å². The van der Waals surface area contributed by atoms with Gasteiger partial charge < -0.3 is 34.0 Å². The predicted octanol–water partition coefficient (Wildman–Crippen LogP) is 3.56. The molecule has 3 aromatic rings. The van der Waals surface area contributed by atoms with Crippen LogP contribution in [0.3, 0.4) is 0 Å². The van der Waals surface area contributed by atoms with Crippen molar-refractivity contribution in [2.75, 3.05) is 29.8 Å². The van der Waals surface area contributed by atoms with Gasteiger partial charge in [0, 0.05) is 24.8 Å². The summed E-state index contributed by atoms with van der Waals surface area (Å²) in [7, 11) is -5.61. The molecule has 0 saturated carbocycles. The molecule has 0 aliphatic carbocycles. The van der Waals surface area contributed by atoms with Gasteiger partial charge in [-0.1, -0.05) is 31.5 Å². The molecule has 4 N–H and O–H groups in total. The Morgan fingerprint density at radius 3 is 2.56 bits per heavy atom. The average Bonchev–Trinajstić information content (AvgIpc) is 3.09. The van der Waals surface area contributed by atoms with Gasteiger partial charge in [-0.15, -0.1) is 0 Å². The summed E-state index contributed by atoms with van der Waals surface area (Å²) in [5.41, 5.74) is 1.90. The quantitative estimate of drug-likeness (QED) is 0.282. The molecule has 0 aliphatic heterocycles. The number of rotatable bonds is 10. The third kappa shape index (κ3) is 6.76. The van der Waals surface area contributed by atoms with Gasteiger partial charge in [0.2, 0.25) is 5.95 Å². The first-order valence-corrected chi connectivity index (χ1v) is 14.2. The van der Waals surface area contributed by atoms with Crippen molar-refractivity contribution in [1.29, 1.82) is 0 Å². The summed E-state index contributed by atoms with van der Waals surface area (Å²) in [4.78, 5) is 43.2. The maximum absolute atomic E-state index is 12.1. The number of hydrogen-bond donors (Lipinski definition) is 4. The molecule has 0 amide bonds. The predicted molar refractivity (Wildman–Crippen MR) is 131 cm³/mol. The van der Waals surface area contributed by atoms with Gasteiger partial charge in [-0.25, -0.2) is 4.98 Å². The number of imidazole rings is 1. The Balaban J connectivity index is 1.91. The van der Waals surface area contributed by atoms with E-state index in [1.165, 1.54) is 0 Å². The van der Waals surface area contributed by atoms with E-state index >= 15 is 0 Å². The van der Waals surface area contributed by atoms with Crippen LogP contribution in [0.4, 0.5) is 17.5 Å². The highest BCUT2D eigenvalue weighted by Crippen LogP contribution is 2.55. The van der Waals surface area contributed by atoms with Gasteiger partial charge in [-0.05, 0) is 24.1 Å². The highest BCUT2D eigenvalue weighted by molar-refractivity contribution is 7.70. The zero-order valence-electron chi connectivity index (χ0n) is 19.0. The minimum atomic E-state index is -4.72. The Labute approximate surface area is 201 Å². The maximum Gasteiger partial charge on any atom is 0.340 e. The number of hydrogen-bond acceptors (Lipinski definition) is 8. The fourth-order valence-corrected chi connectivity index (χ4v) is 5.90. The van der Waals surface area contributed by atoms with Gasteiger partial charge in [0.25, 0.3) is 0 Å². The Hall–Kier alpha value is -2.04. The van der Waals surface area contributed by atoms with Gasteiger partial charge in [0.1, 0.15) is 0 Å². The van der Waals surface area contributed by atoms with Crippen molar-refractivity contribution in [1.82, 2.24) is 19.5 Å². The first-order valence-electron chi connectivity index (χ1n) is 10.2. The van der Waals surface area contributed by atoms with Gasteiger partial charge in [0.05, 0.1) is 19.0 Å². The standard InChI is InChI=1S/C19H27ClN6O6P2/c1-12(2)15(9-32-34(30,31)11-33(27,28)29)22-19-23-17-16(21-10-25(17)3)18(24-19)26(4)14-7-5-6-13(20)8-14/h5-8,10,12,15H,9,11H2,1-4H3,(H,30,31)(H,22,23,24)(H2,27,28,29)/t15-/m0/s1. The molecule has 186 valence electrons. The summed E-state index contributed by atoms with van der Waals surface area (Å²) in [6, 6.07) is 6.71. The van der Waals surface area contributed by atoms with Crippen LogP contribution in [-0.2, 0) is 20.7 Å². The molecule has 0 saturated heterocycles. The molecule has 2 heterocycles. The summed E-state index contributed by atoms with van der Waals surface area (Å²) < 4.78 is 29.9. The number of benzene rings is 1. The van der Waals surface area contributed by atoms with Crippen LogP contribution in [0, 0.1) is 5.92 Å². The third-order valence-corrected chi connectivity index (χ3v) is 8.68. The van der Waals surface area contributed by atoms with Crippen LogP contribution in [0.1, 0.15) is 13.8 Å². The highest BCUT2D eigenvalue weighted by atomic mass is 35.5. The van der Waals surface area contributed by atoms with E-state index in [2.05, 4.69) is 20.3 Å². The Morgan fingerprint density at radius 2 is 1.94 bits per heavy atom. The van der Waals surface area contributed by atoms with Gasteiger partial charge >= 0.3 is 15.2 Å². The van der Waals surface area contributed by atoms with E-state index in [-0.39, 0.29) is 18.5 Å². The topological polar surface area (TPSA) is 163 Å². The number of nitrogens with zero attached hydrogens (tertiary/aromatic N) is 5. The van der Waals surface area contributed by atoms with E-state index in [1.54, 1.807) is 30.1 Å². The first kappa shape index (κ1) is 26.6. The number of anilines is 3. The maximum atomic E-state index is 12.1. The molecule has 2 aromatic heterocycles. The molecule has 0 bridgehead atoms. The first-order chi connectivity index (χ1) is 15.8. The SMILES string of the molecule is CC(C)[C@H](COP(=O)(O)CP(=O)(O)O)Nc1nc(N(C)c2cccc(Cl)c2)c2ncn(C)c2n1. The van der Waals surface area contributed by atoms with Crippen molar-refractivity contribution in [2.24, 2.45) is 13.0 Å². The minimum absolute atomic E-state index is 0.102. The van der Waals surface area contributed by atoms with Crippen molar-refractivity contribution >= 4 is 55.4 Å². The lowest BCUT2D eigenvalue weighted by molar-refractivity contribution is 0.232. The molecule has 12 nitrogen and oxygen atoms in total. The number of fused-ring (bicyclic) bond motifs is 1. The second-order valence-electron chi connectivity index (χ2n) is 8.17. The smallest absolute Gasteiger partial charge is 0.340 e. The lowest BCUT2D eigenvalue weighted by Gasteiger charge is -2.25. The van der Waals surface area contributed by atoms with Gasteiger partial charge in [-0.2, -0.15) is 9.97 Å². The summed E-state index contributed by atoms with van der Waals surface area (Å²) >= 11 is 6.15. The molecule has 15 heteroatoms. The zero-order chi connectivity index (χ0) is 25.3. The fraction of sp³-hybridized carbons (Fsp3) is 0.421. The van der Waals surface area contributed by atoms with Gasteiger partial charge in [-0.3, -0.25) is 9.13 Å². The van der Waals surface area contributed by atoms with Crippen LogP contribution in [0.2, 0.25) is 5.02 Å². The number of halogens is 1. The van der Waals surface area contributed by atoms with Crippen LogP contribution in [-0.4, -0.2) is 59.8 Å². The molecule has 1 unspecified atom stereocenters. The van der Waals surface area contributed by atoms with Crippen molar-refractivity contribution in [3.05, 3.63) is 35.6 Å². The monoisotopic (exact) mass is 532 g/mol. The van der Waals surface area contributed by atoms with E-state index in [4.69, 9.17) is 25.9 Å². The van der Waals surface area contributed by atoms with Crippen LogP contribution in [0.15, 0.2) is 30.6 Å². The summed E-state index contributed by atoms with van der Waals surface area (Å²) in [6.07, 6.45) is 1.62. The fourth-order valence-electron chi connectivity index (χ4n) is 3.13. The van der Waals surface area contributed by atoms with Crippen LogP contribution >= 0.6 is 26.8 Å². The van der Waals surface area contributed by atoms with Gasteiger partial charge in [0.15, 0.2) is 22.9 Å². The van der Waals surface area contributed by atoms with Crippen molar-refractivity contribution < 1.29 is 28.3 Å². The molecule has 0 radical (unpaired) electrons. The van der Waals surface area contributed by atoms with Crippen molar-refractivity contribution in [3.8, 4) is 0 Å². The van der Waals surface area contributed by atoms with E-state index in [0.717, 1.165) is 5.69 Å². The normalized spacial score (nSPS) is 14.9. The van der Waals surface area contributed by atoms with Crippen LogP contribution < -0.4 is 10.2 Å². The summed E-state index contributed by atoms with van der Waals surface area (Å²) in [6.45, 7) is 3.42. The largest absolute Gasteiger partial charge is 0.349 e. The van der Waals surface area contributed by atoms with E-state index in [9.17, 15) is 14.0 Å². The molecule has 2 atom stereocenters. The molecule has 0 spiro atoms. The Kier molecular flexibility index (Phi) is 8.04. The Bertz CT molecular complexity index is 1270. The van der Waals surface area contributed by atoms with E-state index < -0.39 is 27.1 Å². The molecular weight excluding hydrogens is 506 g/mol. The molecule has 1 aromatic carbocycles. The lowest BCUT2D eigenvalue weighted by atomic mass is 10.1. The third-order valence-electron chi connectivity index (χ3n) is 4.99. The average molecular weight is 533 g/mol. The van der Waals surface area contributed by atoms with E-state index in [0.29, 0.717) is 22.0 Å². The minimum Gasteiger partial charge on any atom is -0.349 e. The number of nitrogens with one attached hydrogen (secondary N) is 1. The zero-order valence-corrected chi connectivity index (χ0v) is 21.6. The highest BCUT2D eigenvalue weighted by Gasteiger charge is 2.32. The summed E-state index contributed by atoms with van der Waals surface area (Å²) in [5, 5.41) is 3.68.